The molecule has 1 rings (SSSR count). The number of hydrogen-bond acceptors (Lipinski definition) is 3. The molecule has 0 aliphatic heterocycles. The molecule has 0 radical (unpaired) electrons. The highest BCUT2D eigenvalue weighted by Gasteiger charge is 2.15. The fourth-order valence-electron chi connectivity index (χ4n) is 1.47. The Bertz CT molecular complexity index is 443. The van der Waals surface area contributed by atoms with Gasteiger partial charge >= 0.3 is 0 Å². The molecule has 0 atom stereocenters. The molecule has 0 aliphatic rings. The SMILES string of the molecule is COc1c(C)cc(C(=O)CBr)cc1C(N)=O. The van der Waals surface area contributed by atoms with Crippen LogP contribution in [0.5, 0.6) is 5.75 Å². The molecule has 1 aromatic rings. The highest BCUT2D eigenvalue weighted by Crippen LogP contribution is 2.25. The second-order valence-electron chi connectivity index (χ2n) is 3.30. The number of methoxy groups -OCH3 is 1. The Labute approximate surface area is 102 Å². The molecular formula is C11H12BrNO3. The maximum atomic E-state index is 11.5. The van der Waals surface area contributed by atoms with Gasteiger partial charge in [0.2, 0.25) is 0 Å². The van der Waals surface area contributed by atoms with E-state index >= 15 is 0 Å². The molecule has 16 heavy (non-hydrogen) atoms. The zero-order valence-electron chi connectivity index (χ0n) is 9.04. The number of primary amides is 1. The van der Waals surface area contributed by atoms with E-state index in [0.717, 1.165) is 0 Å². The van der Waals surface area contributed by atoms with E-state index in [2.05, 4.69) is 15.9 Å². The second-order valence-corrected chi connectivity index (χ2v) is 3.86. The van der Waals surface area contributed by atoms with Gasteiger partial charge in [-0.05, 0) is 24.6 Å². The number of ketones is 1. The number of halogens is 1. The van der Waals surface area contributed by atoms with Gasteiger partial charge < -0.3 is 10.5 Å². The number of rotatable bonds is 4. The standard InChI is InChI=1S/C11H12BrNO3/c1-6-3-7(9(14)5-12)4-8(11(13)15)10(6)16-2/h3-4H,5H2,1-2H3,(H2,13,15). The molecule has 1 amide bonds. The van der Waals surface area contributed by atoms with E-state index in [9.17, 15) is 9.59 Å². The third-order valence-corrected chi connectivity index (χ3v) is 2.70. The second kappa shape index (κ2) is 5.12. The molecule has 0 heterocycles. The van der Waals surface area contributed by atoms with Crippen molar-refractivity contribution in [3.05, 3.63) is 28.8 Å². The highest BCUT2D eigenvalue weighted by molar-refractivity contribution is 9.09. The molecule has 0 aliphatic carbocycles. The average Bonchev–Trinajstić information content (AvgIpc) is 2.26. The number of carbonyl (C=O) groups excluding carboxylic acids is 2. The van der Waals surface area contributed by atoms with Crippen molar-refractivity contribution in [1.82, 2.24) is 0 Å². The number of hydrogen-bond donors (Lipinski definition) is 1. The molecule has 0 spiro atoms. The van der Waals surface area contributed by atoms with E-state index < -0.39 is 5.91 Å². The van der Waals surface area contributed by atoms with Gasteiger partial charge in [0.05, 0.1) is 18.0 Å². The van der Waals surface area contributed by atoms with Crippen molar-refractivity contribution in [1.29, 1.82) is 0 Å². The lowest BCUT2D eigenvalue weighted by atomic mass is 10.0. The molecule has 0 unspecified atom stereocenters. The molecular weight excluding hydrogens is 274 g/mol. The highest BCUT2D eigenvalue weighted by atomic mass is 79.9. The predicted octanol–water partition coefficient (Wildman–Crippen LogP) is 1.68. The van der Waals surface area contributed by atoms with Gasteiger partial charge in [0, 0.05) is 5.56 Å². The van der Waals surface area contributed by atoms with Gasteiger partial charge in [-0.1, -0.05) is 15.9 Å². The van der Waals surface area contributed by atoms with E-state index in [0.29, 0.717) is 16.9 Å². The minimum Gasteiger partial charge on any atom is -0.496 e. The third kappa shape index (κ3) is 2.41. The normalized spacial score (nSPS) is 9.94. The van der Waals surface area contributed by atoms with Crippen LogP contribution in [0, 0.1) is 6.92 Å². The lowest BCUT2D eigenvalue weighted by Gasteiger charge is -2.10. The maximum Gasteiger partial charge on any atom is 0.252 e. The van der Waals surface area contributed by atoms with E-state index in [-0.39, 0.29) is 16.7 Å². The van der Waals surface area contributed by atoms with Gasteiger partial charge in [0.1, 0.15) is 5.75 Å². The summed E-state index contributed by atoms with van der Waals surface area (Å²) in [6, 6.07) is 3.13. The lowest BCUT2D eigenvalue weighted by Crippen LogP contribution is -2.15. The molecule has 0 fully saturated rings. The molecule has 0 bridgehead atoms. The fraction of sp³-hybridized carbons (Fsp3) is 0.273. The van der Waals surface area contributed by atoms with Crippen molar-refractivity contribution in [2.24, 2.45) is 5.73 Å². The molecule has 86 valence electrons. The summed E-state index contributed by atoms with van der Waals surface area (Å²) in [6.07, 6.45) is 0. The Morgan fingerprint density at radius 3 is 2.50 bits per heavy atom. The number of Topliss-reactive ketones (excluding diaryl/α,β-unsaturated/α-hetero) is 1. The number of benzene rings is 1. The van der Waals surface area contributed by atoms with E-state index in [1.54, 1.807) is 13.0 Å². The Morgan fingerprint density at radius 1 is 1.44 bits per heavy atom. The number of carbonyl (C=O) groups is 2. The van der Waals surface area contributed by atoms with Crippen LogP contribution in [0.25, 0.3) is 0 Å². The number of nitrogens with two attached hydrogens (primary N) is 1. The zero-order valence-corrected chi connectivity index (χ0v) is 10.6. The van der Waals surface area contributed by atoms with Crippen molar-refractivity contribution < 1.29 is 14.3 Å². The Hall–Kier alpha value is -1.36. The summed E-state index contributed by atoms with van der Waals surface area (Å²) in [6.45, 7) is 1.76. The van der Waals surface area contributed by atoms with Gasteiger partial charge in [0.25, 0.3) is 5.91 Å². The summed E-state index contributed by atoms with van der Waals surface area (Å²) < 4.78 is 5.08. The molecule has 0 aromatic heterocycles. The monoisotopic (exact) mass is 285 g/mol. The maximum absolute atomic E-state index is 11.5. The fourth-order valence-corrected chi connectivity index (χ4v) is 1.79. The smallest absolute Gasteiger partial charge is 0.252 e. The van der Waals surface area contributed by atoms with Gasteiger partial charge in [-0.2, -0.15) is 0 Å². The summed E-state index contributed by atoms with van der Waals surface area (Å²) >= 11 is 3.08. The van der Waals surface area contributed by atoms with Gasteiger partial charge in [-0.25, -0.2) is 0 Å². The van der Waals surface area contributed by atoms with Crippen LogP contribution >= 0.6 is 15.9 Å². The zero-order chi connectivity index (χ0) is 12.3. The topological polar surface area (TPSA) is 69.4 Å². The van der Waals surface area contributed by atoms with E-state index in [1.807, 2.05) is 0 Å². The first kappa shape index (κ1) is 12.7. The first-order chi connectivity index (χ1) is 7.51. The summed E-state index contributed by atoms with van der Waals surface area (Å²) in [5, 5.41) is 0.205. The summed E-state index contributed by atoms with van der Waals surface area (Å²) in [5.41, 5.74) is 6.62. The average molecular weight is 286 g/mol. The first-order valence-electron chi connectivity index (χ1n) is 4.58. The van der Waals surface area contributed by atoms with Crippen molar-refractivity contribution in [2.75, 3.05) is 12.4 Å². The lowest BCUT2D eigenvalue weighted by molar-refractivity contribution is 0.0997. The Balaban J connectivity index is 3.39. The van der Waals surface area contributed by atoms with Crippen molar-refractivity contribution in [3.8, 4) is 5.75 Å². The van der Waals surface area contributed by atoms with Crippen LogP contribution in [0.3, 0.4) is 0 Å². The van der Waals surface area contributed by atoms with Crippen LogP contribution in [0.15, 0.2) is 12.1 Å². The Morgan fingerprint density at radius 2 is 2.06 bits per heavy atom. The van der Waals surface area contributed by atoms with Gasteiger partial charge in [-0.15, -0.1) is 0 Å². The van der Waals surface area contributed by atoms with Crippen molar-refractivity contribution in [3.63, 3.8) is 0 Å². The van der Waals surface area contributed by atoms with Gasteiger partial charge in [-0.3, -0.25) is 9.59 Å². The summed E-state index contributed by atoms with van der Waals surface area (Å²) in [4.78, 5) is 22.7. The first-order valence-corrected chi connectivity index (χ1v) is 5.71. The van der Waals surface area contributed by atoms with E-state index in [4.69, 9.17) is 10.5 Å². The largest absolute Gasteiger partial charge is 0.496 e. The molecule has 4 nitrogen and oxygen atoms in total. The van der Waals surface area contributed by atoms with Crippen LogP contribution in [0.1, 0.15) is 26.3 Å². The Kier molecular flexibility index (Phi) is 4.06. The molecule has 5 heteroatoms. The predicted molar refractivity (Wildman–Crippen MR) is 64.4 cm³/mol. The number of alkyl halides is 1. The molecule has 0 saturated carbocycles. The number of aryl methyl sites for hydroxylation is 1. The quantitative estimate of drug-likeness (QED) is 0.676. The number of ether oxygens (including phenoxy) is 1. The van der Waals surface area contributed by atoms with Crippen molar-refractivity contribution >= 4 is 27.6 Å². The molecule has 2 N–H and O–H groups in total. The summed E-state index contributed by atoms with van der Waals surface area (Å²) in [5.74, 6) is -0.295. The number of amides is 1. The minimum atomic E-state index is -0.607. The van der Waals surface area contributed by atoms with Crippen LogP contribution in [0.2, 0.25) is 0 Å². The van der Waals surface area contributed by atoms with Gasteiger partial charge in [0.15, 0.2) is 5.78 Å². The van der Waals surface area contributed by atoms with Crippen LogP contribution < -0.4 is 10.5 Å². The van der Waals surface area contributed by atoms with Crippen LogP contribution in [0.4, 0.5) is 0 Å². The van der Waals surface area contributed by atoms with Crippen molar-refractivity contribution in [2.45, 2.75) is 6.92 Å². The third-order valence-electron chi connectivity index (χ3n) is 2.19. The minimum absolute atomic E-state index is 0.103. The van der Waals surface area contributed by atoms with Crippen LogP contribution in [-0.2, 0) is 0 Å². The van der Waals surface area contributed by atoms with Crippen LogP contribution in [-0.4, -0.2) is 24.1 Å². The summed E-state index contributed by atoms with van der Waals surface area (Å²) in [7, 11) is 1.46. The molecule has 0 saturated heterocycles. The molecule has 1 aromatic carbocycles. The van der Waals surface area contributed by atoms with E-state index in [1.165, 1.54) is 13.2 Å².